The zero-order valence-corrected chi connectivity index (χ0v) is 30.5. The molecule has 9 rings (SSSR count). The summed E-state index contributed by atoms with van der Waals surface area (Å²) in [5.41, 5.74) is -0.268. The second-order valence-electron chi connectivity index (χ2n) is 14.1. The van der Waals surface area contributed by atoms with Crippen LogP contribution in [0.3, 0.4) is 0 Å². The Morgan fingerprint density at radius 3 is 1.40 bits per heavy atom. The fourth-order valence-corrected chi connectivity index (χ4v) is 8.05. The first-order valence-corrected chi connectivity index (χ1v) is 18.1. The molecule has 0 fully saturated rings. The number of hydrogen-bond acceptors (Lipinski definition) is 2. The quantitative estimate of drug-likeness (QED) is 0.166. The van der Waals surface area contributed by atoms with Crippen molar-refractivity contribution in [1.82, 2.24) is 9.13 Å². The number of benzene rings is 7. The van der Waals surface area contributed by atoms with Crippen molar-refractivity contribution >= 4 is 43.6 Å². The molecule has 0 N–H and O–H groups in total. The van der Waals surface area contributed by atoms with Gasteiger partial charge in [-0.3, -0.25) is 0 Å². The third kappa shape index (κ3) is 6.18. The summed E-state index contributed by atoms with van der Waals surface area (Å²) in [6.07, 6.45) is -14.2. The maximum Gasteiger partial charge on any atom is 0.417 e. The lowest BCUT2D eigenvalue weighted by molar-refractivity contribution is -0.138. The van der Waals surface area contributed by atoms with Crippen LogP contribution in [0.4, 0.5) is 39.5 Å². The van der Waals surface area contributed by atoms with E-state index in [1.807, 2.05) is 0 Å². The van der Waals surface area contributed by atoms with Crippen molar-refractivity contribution in [2.45, 2.75) is 18.5 Å². The standard InChI is InChI=1S/C47H23F9N4/c48-45(49,50)29-12-17-42-36(22-29)32-5-1-3-7-39(32)59(42)41-16-10-26(24-57)19-35(41)34-15-11-28(31-14-9-27(25-58)20-38(31)47(54,55)56)21-44(34)60-40-8-4-2-6-33(40)37-23-30(46(51,52)53)13-18-43(37)60/h1-23H. The lowest BCUT2D eigenvalue weighted by Gasteiger charge is -2.21. The minimum absolute atomic E-state index is 0.0536. The van der Waals surface area contributed by atoms with E-state index >= 15 is 0 Å². The Balaban J connectivity index is 1.42. The number of hydrogen-bond donors (Lipinski definition) is 0. The molecule has 294 valence electrons. The van der Waals surface area contributed by atoms with Crippen LogP contribution in [0, 0.1) is 22.7 Å². The third-order valence-corrected chi connectivity index (χ3v) is 10.7. The van der Waals surface area contributed by atoms with E-state index < -0.39 is 35.2 Å². The van der Waals surface area contributed by atoms with E-state index in [1.54, 1.807) is 81.9 Å². The van der Waals surface area contributed by atoms with E-state index in [2.05, 4.69) is 6.07 Å². The normalized spacial score (nSPS) is 12.4. The molecule has 0 amide bonds. The summed E-state index contributed by atoms with van der Waals surface area (Å²) in [6, 6.07) is 36.2. The number of halogens is 9. The van der Waals surface area contributed by atoms with Gasteiger partial charge >= 0.3 is 18.5 Å². The van der Waals surface area contributed by atoms with Crippen LogP contribution in [-0.4, -0.2) is 9.13 Å². The van der Waals surface area contributed by atoms with Gasteiger partial charge in [-0.05, 0) is 96.1 Å². The molecule has 0 unspecified atom stereocenters. The van der Waals surface area contributed by atoms with Crippen LogP contribution in [0.1, 0.15) is 27.8 Å². The van der Waals surface area contributed by atoms with Crippen LogP contribution >= 0.6 is 0 Å². The number of para-hydroxylation sites is 2. The predicted octanol–water partition coefficient (Wildman–Crippen LogP) is 14.0. The van der Waals surface area contributed by atoms with Crippen LogP contribution in [0.25, 0.3) is 77.2 Å². The van der Waals surface area contributed by atoms with Gasteiger partial charge < -0.3 is 9.13 Å². The van der Waals surface area contributed by atoms with Gasteiger partial charge in [-0.15, -0.1) is 0 Å². The number of alkyl halides is 9. The Morgan fingerprint density at radius 1 is 0.383 bits per heavy atom. The molecule has 0 saturated heterocycles. The molecule has 0 aliphatic carbocycles. The minimum Gasteiger partial charge on any atom is -0.309 e. The molecule has 7 aromatic carbocycles. The van der Waals surface area contributed by atoms with E-state index in [1.165, 1.54) is 42.5 Å². The first-order valence-electron chi connectivity index (χ1n) is 18.1. The van der Waals surface area contributed by atoms with Gasteiger partial charge in [0.2, 0.25) is 0 Å². The molecule has 0 radical (unpaired) electrons. The van der Waals surface area contributed by atoms with Crippen molar-refractivity contribution in [2.75, 3.05) is 0 Å². The Kier molecular flexibility index (Phi) is 8.58. The summed E-state index contributed by atoms with van der Waals surface area (Å²) in [7, 11) is 0. The first kappa shape index (κ1) is 38.0. The molecule has 0 bridgehead atoms. The monoisotopic (exact) mass is 814 g/mol. The van der Waals surface area contributed by atoms with Crippen LogP contribution < -0.4 is 0 Å². The Labute approximate surface area is 333 Å². The molecule has 9 aromatic rings. The molecule has 0 saturated carbocycles. The summed E-state index contributed by atoms with van der Waals surface area (Å²) < 4.78 is 132. The first-order chi connectivity index (χ1) is 28.6. The van der Waals surface area contributed by atoms with Gasteiger partial charge in [0.05, 0.1) is 73.4 Å². The van der Waals surface area contributed by atoms with Gasteiger partial charge in [0, 0.05) is 32.7 Å². The molecule has 0 aliphatic heterocycles. The largest absolute Gasteiger partial charge is 0.417 e. The average molecular weight is 815 g/mol. The smallest absolute Gasteiger partial charge is 0.309 e. The van der Waals surface area contributed by atoms with E-state index in [4.69, 9.17) is 0 Å². The number of nitrogens with zero attached hydrogens (tertiary/aromatic N) is 4. The summed E-state index contributed by atoms with van der Waals surface area (Å²) in [5, 5.41) is 21.0. The molecule has 0 spiro atoms. The van der Waals surface area contributed by atoms with Crippen molar-refractivity contribution in [2.24, 2.45) is 0 Å². The number of fused-ring (bicyclic) bond motifs is 6. The minimum atomic E-state index is -4.89. The van der Waals surface area contributed by atoms with Gasteiger partial charge in [0.25, 0.3) is 0 Å². The summed E-state index contributed by atoms with van der Waals surface area (Å²) >= 11 is 0. The fraction of sp³-hybridized carbons (Fsp3) is 0.0638. The molecule has 2 aromatic heterocycles. The highest BCUT2D eigenvalue weighted by atomic mass is 19.4. The third-order valence-electron chi connectivity index (χ3n) is 10.7. The molecule has 13 heteroatoms. The number of rotatable bonds is 4. The van der Waals surface area contributed by atoms with Crippen molar-refractivity contribution in [3.05, 3.63) is 167 Å². The highest BCUT2D eigenvalue weighted by Gasteiger charge is 2.35. The van der Waals surface area contributed by atoms with Crippen molar-refractivity contribution in [1.29, 1.82) is 10.5 Å². The maximum absolute atomic E-state index is 14.7. The molecule has 4 nitrogen and oxygen atoms in total. The van der Waals surface area contributed by atoms with Crippen molar-refractivity contribution in [3.63, 3.8) is 0 Å². The summed E-state index contributed by atoms with van der Waals surface area (Å²) in [6.45, 7) is 0. The average Bonchev–Trinajstić information content (AvgIpc) is 3.74. The van der Waals surface area contributed by atoms with Crippen LogP contribution in [-0.2, 0) is 18.5 Å². The van der Waals surface area contributed by atoms with Gasteiger partial charge in [-0.25, -0.2) is 0 Å². The molecule has 60 heavy (non-hydrogen) atoms. The van der Waals surface area contributed by atoms with Crippen LogP contribution in [0.5, 0.6) is 0 Å². The second kappa shape index (κ2) is 13.5. The SMILES string of the molecule is N#Cc1ccc(-n2c3ccccc3c3cc(C(F)(F)F)ccc32)c(-c2ccc(-c3ccc(C#N)cc3C(F)(F)F)cc2-n2c3ccccc3c3cc(C(F)(F)F)ccc32)c1. The molecular weight excluding hydrogens is 792 g/mol. The predicted molar refractivity (Wildman–Crippen MR) is 210 cm³/mol. The van der Waals surface area contributed by atoms with Gasteiger partial charge in [-0.2, -0.15) is 50.0 Å². The second-order valence-corrected chi connectivity index (χ2v) is 14.1. The lowest BCUT2D eigenvalue weighted by Crippen LogP contribution is -2.08. The van der Waals surface area contributed by atoms with Crippen molar-refractivity contribution < 1.29 is 39.5 Å². The zero-order valence-electron chi connectivity index (χ0n) is 30.5. The van der Waals surface area contributed by atoms with Crippen LogP contribution in [0.15, 0.2) is 140 Å². The van der Waals surface area contributed by atoms with Crippen LogP contribution in [0.2, 0.25) is 0 Å². The summed E-state index contributed by atoms with van der Waals surface area (Å²) in [5.74, 6) is 0. The Bertz CT molecular complexity index is 3310. The van der Waals surface area contributed by atoms with E-state index in [-0.39, 0.29) is 44.2 Å². The van der Waals surface area contributed by atoms with E-state index in [0.717, 1.165) is 30.3 Å². The maximum atomic E-state index is 14.7. The lowest BCUT2D eigenvalue weighted by atomic mass is 9.92. The Morgan fingerprint density at radius 2 is 0.867 bits per heavy atom. The molecule has 0 atom stereocenters. The van der Waals surface area contributed by atoms with E-state index in [0.29, 0.717) is 44.1 Å². The number of nitriles is 2. The highest BCUT2D eigenvalue weighted by Crippen LogP contribution is 2.46. The highest BCUT2D eigenvalue weighted by molar-refractivity contribution is 6.12. The molecular formula is C47H23F9N4. The van der Waals surface area contributed by atoms with Gasteiger partial charge in [0.15, 0.2) is 0 Å². The Hall–Kier alpha value is -7.51. The topological polar surface area (TPSA) is 57.4 Å². The number of aromatic nitrogens is 2. The van der Waals surface area contributed by atoms with E-state index in [9.17, 15) is 50.0 Å². The van der Waals surface area contributed by atoms with Gasteiger partial charge in [-0.1, -0.05) is 54.6 Å². The molecule has 0 aliphatic rings. The molecule has 2 heterocycles. The van der Waals surface area contributed by atoms with Gasteiger partial charge in [0.1, 0.15) is 0 Å². The zero-order chi connectivity index (χ0) is 42.3. The van der Waals surface area contributed by atoms with Crippen molar-refractivity contribution in [3.8, 4) is 45.8 Å². The summed E-state index contributed by atoms with van der Waals surface area (Å²) in [4.78, 5) is 0. The fourth-order valence-electron chi connectivity index (χ4n) is 8.05.